The molecular weight excluding hydrogens is 168 g/mol. The van der Waals surface area contributed by atoms with Crippen LogP contribution in [0.25, 0.3) is 0 Å². The van der Waals surface area contributed by atoms with Gasteiger partial charge in [-0.1, -0.05) is 0 Å². The highest BCUT2D eigenvalue weighted by atomic mass is 16.3. The van der Waals surface area contributed by atoms with Crippen molar-refractivity contribution in [2.24, 2.45) is 5.73 Å². The van der Waals surface area contributed by atoms with E-state index in [1.54, 1.807) is 12.1 Å². The van der Waals surface area contributed by atoms with Crippen LogP contribution in [0, 0.1) is 0 Å². The topological polar surface area (TPSA) is 68.3 Å². The molecule has 0 saturated heterocycles. The predicted molar refractivity (Wildman–Crippen MR) is 49.3 cm³/mol. The van der Waals surface area contributed by atoms with Gasteiger partial charge in [-0.2, -0.15) is 0 Å². The van der Waals surface area contributed by atoms with E-state index in [0.717, 1.165) is 12.8 Å². The van der Waals surface area contributed by atoms with Gasteiger partial charge in [0.1, 0.15) is 0 Å². The first-order valence-electron chi connectivity index (χ1n) is 4.36. The van der Waals surface area contributed by atoms with Crippen molar-refractivity contribution in [3.8, 4) is 0 Å². The van der Waals surface area contributed by atoms with Gasteiger partial charge in [0.15, 0.2) is 5.76 Å². The fraction of sp³-hybridized carbons (Fsp3) is 0.444. The van der Waals surface area contributed by atoms with Gasteiger partial charge in [-0.3, -0.25) is 4.79 Å². The zero-order chi connectivity index (χ0) is 9.52. The van der Waals surface area contributed by atoms with Crippen LogP contribution >= 0.6 is 0 Å². The van der Waals surface area contributed by atoms with Crippen molar-refractivity contribution < 1.29 is 9.21 Å². The standard InChI is InChI=1S/C9H14N2O2/c10-5-1-2-6-11-9(12)8-4-3-7-13-8/h3-4,7H,1-2,5-6,10H2,(H,11,12). The van der Waals surface area contributed by atoms with Crippen molar-refractivity contribution in [2.45, 2.75) is 12.8 Å². The zero-order valence-electron chi connectivity index (χ0n) is 7.45. The minimum atomic E-state index is -0.165. The number of rotatable bonds is 5. The Kier molecular flexibility index (Phi) is 4.05. The average molecular weight is 182 g/mol. The van der Waals surface area contributed by atoms with Gasteiger partial charge in [-0.25, -0.2) is 0 Å². The lowest BCUT2D eigenvalue weighted by Crippen LogP contribution is -2.24. The largest absolute Gasteiger partial charge is 0.459 e. The van der Waals surface area contributed by atoms with Gasteiger partial charge in [-0.05, 0) is 31.5 Å². The van der Waals surface area contributed by atoms with Crippen molar-refractivity contribution >= 4 is 5.91 Å². The normalized spacial score (nSPS) is 9.92. The first-order chi connectivity index (χ1) is 6.34. The smallest absolute Gasteiger partial charge is 0.286 e. The molecule has 0 aliphatic rings. The van der Waals surface area contributed by atoms with Crippen LogP contribution < -0.4 is 11.1 Å². The van der Waals surface area contributed by atoms with Gasteiger partial charge in [0, 0.05) is 6.54 Å². The van der Waals surface area contributed by atoms with Crippen molar-refractivity contribution in [3.05, 3.63) is 24.2 Å². The molecule has 0 aliphatic carbocycles. The van der Waals surface area contributed by atoms with Crippen LogP contribution in [0.3, 0.4) is 0 Å². The summed E-state index contributed by atoms with van der Waals surface area (Å²) in [5.41, 5.74) is 5.31. The SMILES string of the molecule is NCCCCNC(=O)c1ccco1. The predicted octanol–water partition coefficient (Wildman–Crippen LogP) is 0.748. The second-order valence-corrected chi connectivity index (χ2v) is 2.73. The minimum Gasteiger partial charge on any atom is -0.459 e. The lowest BCUT2D eigenvalue weighted by Gasteiger charge is -2.01. The van der Waals surface area contributed by atoms with Gasteiger partial charge in [0.2, 0.25) is 0 Å². The van der Waals surface area contributed by atoms with Crippen molar-refractivity contribution in [1.29, 1.82) is 0 Å². The molecule has 0 saturated carbocycles. The van der Waals surface area contributed by atoms with E-state index < -0.39 is 0 Å². The molecule has 72 valence electrons. The second-order valence-electron chi connectivity index (χ2n) is 2.73. The zero-order valence-corrected chi connectivity index (χ0v) is 7.45. The lowest BCUT2D eigenvalue weighted by atomic mass is 10.3. The molecule has 1 rings (SSSR count). The fourth-order valence-corrected chi connectivity index (χ4v) is 0.966. The van der Waals surface area contributed by atoms with Crippen LogP contribution in [0.15, 0.2) is 22.8 Å². The number of amides is 1. The highest BCUT2D eigenvalue weighted by Gasteiger charge is 2.05. The number of hydrogen-bond acceptors (Lipinski definition) is 3. The number of nitrogens with one attached hydrogen (secondary N) is 1. The van der Waals surface area contributed by atoms with E-state index in [4.69, 9.17) is 10.2 Å². The Morgan fingerprint density at radius 2 is 2.38 bits per heavy atom. The molecule has 1 aromatic heterocycles. The summed E-state index contributed by atoms with van der Waals surface area (Å²) in [5.74, 6) is 0.190. The number of hydrogen-bond donors (Lipinski definition) is 2. The summed E-state index contributed by atoms with van der Waals surface area (Å²) < 4.78 is 4.92. The molecule has 4 heteroatoms. The molecule has 0 radical (unpaired) electrons. The minimum absolute atomic E-state index is 0.165. The van der Waals surface area contributed by atoms with Gasteiger partial charge >= 0.3 is 0 Å². The molecule has 0 aliphatic heterocycles. The monoisotopic (exact) mass is 182 g/mol. The highest BCUT2D eigenvalue weighted by Crippen LogP contribution is 1.98. The highest BCUT2D eigenvalue weighted by molar-refractivity contribution is 5.91. The van der Waals surface area contributed by atoms with E-state index >= 15 is 0 Å². The van der Waals surface area contributed by atoms with Crippen LogP contribution in [0.2, 0.25) is 0 Å². The Morgan fingerprint density at radius 3 is 3.00 bits per heavy atom. The number of nitrogens with two attached hydrogens (primary N) is 1. The van der Waals surface area contributed by atoms with Crippen molar-refractivity contribution in [1.82, 2.24) is 5.32 Å². The summed E-state index contributed by atoms with van der Waals surface area (Å²) in [7, 11) is 0. The van der Waals surface area contributed by atoms with Crippen LogP contribution in [0.5, 0.6) is 0 Å². The van der Waals surface area contributed by atoms with Crippen LogP contribution in [-0.4, -0.2) is 19.0 Å². The summed E-state index contributed by atoms with van der Waals surface area (Å²) in [6.45, 7) is 1.31. The van der Waals surface area contributed by atoms with Gasteiger partial charge < -0.3 is 15.5 Å². The molecular formula is C9H14N2O2. The molecule has 1 aromatic rings. The fourth-order valence-electron chi connectivity index (χ4n) is 0.966. The maximum Gasteiger partial charge on any atom is 0.286 e. The average Bonchev–Trinajstić information content (AvgIpc) is 2.65. The molecule has 4 nitrogen and oxygen atoms in total. The molecule has 1 amide bonds. The molecule has 0 fully saturated rings. The molecule has 0 atom stereocenters. The van der Waals surface area contributed by atoms with Crippen LogP contribution in [0.1, 0.15) is 23.4 Å². The first kappa shape index (κ1) is 9.80. The molecule has 1 heterocycles. The third-order valence-corrected chi connectivity index (χ3v) is 1.66. The summed E-state index contributed by atoms with van der Waals surface area (Å²) in [6, 6.07) is 3.33. The number of unbranched alkanes of at least 4 members (excludes halogenated alkanes) is 1. The summed E-state index contributed by atoms with van der Waals surface area (Å²) in [6.07, 6.45) is 3.32. The quantitative estimate of drug-likeness (QED) is 0.660. The third-order valence-electron chi connectivity index (χ3n) is 1.66. The van der Waals surface area contributed by atoms with E-state index in [9.17, 15) is 4.79 Å². The van der Waals surface area contributed by atoms with Crippen LogP contribution in [-0.2, 0) is 0 Å². The van der Waals surface area contributed by atoms with Crippen molar-refractivity contribution in [3.63, 3.8) is 0 Å². The Bertz CT molecular complexity index is 244. The maximum absolute atomic E-state index is 11.2. The lowest BCUT2D eigenvalue weighted by molar-refractivity contribution is 0.0925. The Morgan fingerprint density at radius 1 is 1.54 bits per heavy atom. The van der Waals surface area contributed by atoms with Gasteiger partial charge in [-0.15, -0.1) is 0 Å². The summed E-state index contributed by atoms with van der Waals surface area (Å²) >= 11 is 0. The van der Waals surface area contributed by atoms with E-state index in [0.29, 0.717) is 18.8 Å². The number of carbonyl (C=O) groups excluding carboxylic acids is 1. The molecule has 0 aromatic carbocycles. The number of carbonyl (C=O) groups is 1. The Labute approximate surface area is 77.1 Å². The molecule has 13 heavy (non-hydrogen) atoms. The van der Waals surface area contributed by atoms with Gasteiger partial charge in [0.05, 0.1) is 6.26 Å². The van der Waals surface area contributed by atoms with Gasteiger partial charge in [0.25, 0.3) is 5.91 Å². The Balaban J connectivity index is 2.19. The first-order valence-corrected chi connectivity index (χ1v) is 4.36. The molecule has 0 bridgehead atoms. The van der Waals surface area contributed by atoms with Crippen LogP contribution in [0.4, 0.5) is 0 Å². The molecule has 0 spiro atoms. The molecule has 3 N–H and O–H groups in total. The third kappa shape index (κ3) is 3.29. The Hall–Kier alpha value is -1.29. The van der Waals surface area contributed by atoms with E-state index in [2.05, 4.69) is 5.32 Å². The van der Waals surface area contributed by atoms with E-state index in [1.807, 2.05) is 0 Å². The second kappa shape index (κ2) is 5.37. The summed E-state index contributed by atoms with van der Waals surface area (Å²) in [5, 5.41) is 2.73. The summed E-state index contributed by atoms with van der Waals surface area (Å²) in [4.78, 5) is 11.2. The number of furan rings is 1. The maximum atomic E-state index is 11.2. The van der Waals surface area contributed by atoms with E-state index in [-0.39, 0.29) is 5.91 Å². The van der Waals surface area contributed by atoms with Crippen molar-refractivity contribution in [2.75, 3.05) is 13.1 Å². The van der Waals surface area contributed by atoms with E-state index in [1.165, 1.54) is 6.26 Å². The molecule has 0 unspecified atom stereocenters.